The van der Waals surface area contributed by atoms with Crippen LogP contribution < -0.4 is 10.1 Å². The molecule has 3 amide bonds. The van der Waals surface area contributed by atoms with Crippen LogP contribution in [0.5, 0.6) is 5.75 Å². The second-order valence-electron chi connectivity index (χ2n) is 5.94. The molecule has 0 unspecified atom stereocenters. The number of likely N-dealkylation sites (N-methyl/N-ethyl adjacent to an activating group) is 1. The number of carbonyl (C=O) groups is 2. The number of imide groups is 1. The fourth-order valence-electron chi connectivity index (χ4n) is 2.67. The average molecular weight is 446 g/mol. The maximum Gasteiger partial charge on any atom is 0.328 e. The molecule has 0 bridgehead atoms. The molecule has 0 aliphatic carbocycles. The first-order valence-electron chi connectivity index (χ1n) is 8.39. The smallest absolute Gasteiger partial charge is 0.328 e. The molecule has 9 heteroatoms. The van der Waals surface area contributed by atoms with E-state index >= 15 is 0 Å². The summed E-state index contributed by atoms with van der Waals surface area (Å²) < 4.78 is 6.37. The highest BCUT2D eigenvalue weighted by atomic mass is 79.9. The van der Waals surface area contributed by atoms with Crippen molar-refractivity contribution in [2.45, 2.75) is 13.5 Å². The van der Waals surface area contributed by atoms with Gasteiger partial charge in [-0.3, -0.25) is 19.8 Å². The Labute approximate surface area is 169 Å². The van der Waals surface area contributed by atoms with Gasteiger partial charge in [-0.1, -0.05) is 18.2 Å². The number of urea groups is 1. The lowest BCUT2D eigenvalue weighted by Gasteiger charge is -2.09. The van der Waals surface area contributed by atoms with Gasteiger partial charge in [-0.25, -0.2) is 4.79 Å². The summed E-state index contributed by atoms with van der Waals surface area (Å²) >= 11 is 3.42. The number of carbonyl (C=O) groups excluding carboxylic acids is 2. The van der Waals surface area contributed by atoms with Crippen molar-refractivity contribution in [3.63, 3.8) is 0 Å². The van der Waals surface area contributed by atoms with Gasteiger partial charge in [0.25, 0.3) is 11.6 Å². The molecular formula is C19H16BrN3O5. The zero-order valence-corrected chi connectivity index (χ0v) is 16.4. The molecule has 2 aromatic rings. The van der Waals surface area contributed by atoms with Crippen LogP contribution in [0.3, 0.4) is 0 Å². The molecule has 0 atom stereocenters. The fourth-order valence-corrected chi connectivity index (χ4v) is 3.18. The SMILES string of the molecule is CCN1C(=O)N/C(=C/c2ccc(OCc3cccc([N+](=O)[O-])c3)c(Br)c2)C1=O. The second-order valence-corrected chi connectivity index (χ2v) is 6.80. The Morgan fingerprint density at radius 3 is 2.68 bits per heavy atom. The summed E-state index contributed by atoms with van der Waals surface area (Å²) in [5, 5.41) is 13.4. The van der Waals surface area contributed by atoms with Gasteiger partial charge < -0.3 is 10.1 Å². The number of nitrogens with one attached hydrogen (secondary N) is 1. The van der Waals surface area contributed by atoms with Crippen LogP contribution in [0.2, 0.25) is 0 Å². The number of non-ortho nitro benzene ring substituents is 1. The van der Waals surface area contributed by atoms with E-state index in [1.807, 2.05) is 0 Å². The number of nitrogens with zero attached hydrogens (tertiary/aromatic N) is 2. The van der Waals surface area contributed by atoms with E-state index in [2.05, 4.69) is 21.2 Å². The molecule has 0 radical (unpaired) electrons. The third kappa shape index (κ3) is 4.20. The molecule has 8 nitrogen and oxygen atoms in total. The van der Waals surface area contributed by atoms with Gasteiger partial charge in [0.15, 0.2) is 0 Å². The summed E-state index contributed by atoms with van der Waals surface area (Å²) in [6, 6.07) is 11.0. The van der Waals surface area contributed by atoms with Crippen molar-refractivity contribution in [1.82, 2.24) is 10.2 Å². The first kappa shape index (κ1) is 19.6. The van der Waals surface area contributed by atoms with E-state index < -0.39 is 11.0 Å². The van der Waals surface area contributed by atoms with Gasteiger partial charge in [0.2, 0.25) is 0 Å². The summed E-state index contributed by atoms with van der Waals surface area (Å²) in [5.41, 5.74) is 1.60. The van der Waals surface area contributed by atoms with Crippen molar-refractivity contribution in [1.29, 1.82) is 0 Å². The van der Waals surface area contributed by atoms with E-state index in [-0.39, 0.29) is 23.9 Å². The molecule has 1 heterocycles. The molecule has 0 spiro atoms. The van der Waals surface area contributed by atoms with Gasteiger partial charge in [0.05, 0.1) is 9.40 Å². The summed E-state index contributed by atoms with van der Waals surface area (Å²) in [7, 11) is 0. The number of ether oxygens (including phenoxy) is 1. The zero-order chi connectivity index (χ0) is 20.3. The number of nitro benzene ring substituents is 1. The molecular weight excluding hydrogens is 430 g/mol. The molecule has 28 heavy (non-hydrogen) atoms. The maximum atomic E-state index is 12.1. The Hall–Kier alpha value is -3.20. The lowest BCUT2D eigenvalue weighted by Crippen LogP contribution is -2.30. The number of rotatable bonds is 6. The molecule has 1 saturated heterocycles. The van der Waals surface area contributed by atoms with Crippen LogP contribution in [-0.4, -0.2) is 28.3 Å². The van der Waals surface area contributed by atoms with Crippen molar-refractivity contribution >= 4 is 39.6 Å². The predicted octanol–water partition coefficient (Wildman–Crippen LogP) is 3.85. The van der Waals surface area contributed by atoms with Crippen molar-refractivity contribution < 1.29 is 19.2 Å². The van der Waals surface area contributed by atoms with Crippen LogP contribution in [0.4, 0.5) is 10.5 Å². The standard InChI is InChI=1S/C19H16BrN3O5/c1-2-22-18(24)16(21-19(22)25)10-12-6-7-17(15(20)9-12)28-11-13-4-3-5-14(8-13)23(26)27/h3-10H,2,11H2,1H3,(H,21,25)/b16-10+. The van der Waals surface area contributed by atoms with E-state index in [0.717, 1.165) is 4.90 Å². The Morgan fingerprint density at radius 1 is 1.25 bits per heavy atom. The van der Waals surface area contributed by atoms with Gasteiger partial charge >= 0.3 is 6.03 Å². The number of benzene rings is 2. The lowest BCUT2D eigenvalue weighted by atomic mass is 10.2. The number of hydrogen-bond acceptors (Lipinski definition) is 5. The Morgan fingerprint density at radius 2 is 2.04 bits per heavy atom. The molecule has 144 valence electrons. The first-order valence-corrected chi connectivity index (χ1v) is 9.18. The third-order valence-corrected chi connectivity index (χ3v) is 4.68. The molecule has 2 aromatic carbocycles. The van der Waals surface area contributed by atoms with Gasteiger partial charge in [-0.05, 0) is 52.2 Å². The number of nitro groups is 1. The van der Waals surface area contributed by atoms with Crippen LogP contribution in [-0.2, 0) is 11.4 Å². The fraction of sp³-hybridized carbons (Fsp3) is 0.158. The highest BCUT2D eigenvalue weighted by Crippen LogP contribution is 2.28. The molecule has 3 rings (SSSR count). The summed E-state index contributed by atoms with van der Waals surface area (Å²) in [6.07, 6.45) is 1.59. The maximum absolute atomic E-state index is 12.1. The van der Waals surface area contributed by atoms with Gasteiger partial charge in [0.1, 0.15) is 18.1 Å². The number of hydrogen-bond donors (Lipinski definition) is 1. The predicted molar refractivity (Wildman–Crippen MR) is 105 cm³/mol. The van der Waals surface area contributed by atoms with Crippen LogP contribution in [0.15, 0.2) is 52.6 Å². The Bertz CT molecular complexity index is 989. The third-order valence-electron chi connectivity index (χ3n) is 4.06. The van der Waals surface area contributed by atoms with E-state index in [9.17, 15) is 19.7 Å². The van der Waals surface area contributed by atoms with Gasteiger partial charge in [-0.15, -0.1) is 0 Å². The van der Waals surface area contributed by atoms with Crippen molar-refractivity contribution in [3.05, 3.63) is 73.9 Å². The van der Waals surface area contributed by atoms with Crippen molar-refractivity contribution in [2.24, 2.45) is 0 Å². The molecule has 1 fully saturated rings. The lowest BCUT2D eigenvalue weighted by molar-refractivity contribution is -0.384. The van der Waals surface area contributed by atoms with E-state index in [4.69, 9.17) is 4.74 Å². The number of halogens is 1. The van der Waals surface area contributed by atoms with Gasteiger partial charge in [0, 0.05) is 18.7 Å². The largest absolute Gasteiger partial charge is 0.488 e. The Balaban J connectivity index is 1.72. The topological polar surface area (TPSA) is 102 Å². The number of amides is 3. The Kier molecular flexibility index (Phi) is 5.74. The van der Waals surface area contributed by atoms with Crippen molar-refractivity contribution in [3.8, 4) is 5.75 Å². The van der Waals surface area contributed by atoms with Crippen molar-refractivity contribution in [2.75, 3.05) is 6.54 Å². The minimum atomic E-state index is -0.454. The molecule has 1 N–H and O–H groups in total. The monoisotopic (exact) mass is 445 g/mol. The van der Waals surface area contributed by atoms with E-state index in [1.54, 1.807) is 43.3 Å². The molecule has 1 aliphatic rings. The van der Waals surface area contributed by atoms with Crippen LogP contribution in [0.1, 0.15) is 18.1 Å². The minimum Gasteiger partial charge on any atom is -0.488 e. The molecule has 0 saturated carbocycles. The summed E-state index contributed by atoms with van der Waals surface area (Å²) in [6.45, 7) is 2.20. The molecule has 1 aliphatic heterocycles. The minimum absolute atomic E-state index is 0.00606. The van der Waals surface area contributed by atoms with E-state index in [0.29, 0.717) is 27.9 Å². The summed E-state index contributed by atoms with van der Waals surface area (Å²) in [5.74, 6) is 0.181. The highest BCUT2D eigenvalue weighted by Gasteiger charge is 2.31. The second kappa shape index (κ2) is 8.22. The first-order chi connectivity index (χ1) is 13.4. The van der Waals surface area contributed by atoms with Crippen LogP contribution >= 0.6 is 15.9 Å². The average Bonchev–Trinajstić information content (AvgIpc) is 2.94. The zero-order valence-electron chi connectivity index (χ0n) is 14.8. The van der Waals surface area contributed by atoms with Crippen LogP contribution in [0, 0.1) is 10.1 Å². The quantitative estimate of drug-likeness (QED) is 0.314. The van der Waals surface area contributed by atoms with Gasteiger partial charge in [-0.2, -0.15) is 0 Å². The summed E-state index contributed by atoms with van der Waals surface area (Å²) in [4.78, 5) is 35.3. The normalized spacial score (nSPS) is 15.1. The molecule has 0 aromatic heterocycles. The van der Waals surface area contributed by atoms with E-state index in [1.165, 1.54) is 12.1 Å². The highest BCUT2D eigenvalue weighted by molar-refractivity contribution is 9.10. The van der Waals surface area contributed by atoms with Crippen LogP contribution in [0.25, 0.3) is 6.08 Å².